The van der Waals surface area contributed by atoms with Crippen molar-refractivity contribution in [3.05, 3.63) is 12.2 Å². The second kappa shape index (κ2) is 18.5. The molecular formula is C22H41NO3. The molecule has 0 unspecified atom stereocenters. The van der Waals surface area contributed by atoms with Gasteiger partial charge in [0.1, 0.15) is 0 Å². The molecule has 1 N–H and O–H groups in total. The summed E-state index contributed by atoms with van der Waals surface area (Å²) in [5.74, 6) is -0.830. The summed E-state index contributed by atoms with van der Waals surface area (Å²) in [6.07, 6.45) is 19.9. The number of amides is 1. The van der Waals surface area contributed by atoms with Gasteiger partial charge in [-0.25, -0.2) is 4.79 Å². The number of carbonyl (C=O) groups excluding carboxylic acids is 2. The minimum absolute atomic E-state index is 0.241. The highest BCUT2D eigenvalue weighted by atomic mass is 16.7. The lowest BCUT2D eigenvalue weighted by Gasteiger charge is -2.05. The highest BCUT2D eigenvalue weighted by molar-refractivity contribution is 5.88. The van der Waals surface area contributed by atoms with Gasteiger partial charge < -0.3 is 4.84 Å². The Morgan fingerprint density at radius 3 is 1.50 bits per heavy atom. The van der Waals surface area contributed by atoms with Gasteiger partial charge in [0.15, 0.2) is 0 Å². The van der Waals surface area contributed by atoms with E-state index in [1.54, 1.807) is 6.92 Å². The maximum atomic E-state index is 11.5. The molecule has 4 heteroatoms. The first-order valence-electron chi connectivity index (χ1n) is 10.7. The SMILES string of the molecule is C=C(C)C(=O)ONC(=O)CCCCCCCCCCCCCCCCC. The van der Waals surface area contributed by atoms with Gasteiger partial charge in [0.25, 0.3) is 5.91 Å². The Bertz CT molecular complexity index is 380. The maximum absolute atomic E-state index is 11.5. The number of unbranched alkanes of at least 4 members (excludes halogenated alkanes) is 14. The van der Waals surface area contributed by atoms with Crippen LogP contribution in [0.2, 0.25) is 0 Å². The van der Waals surface area contributed by atoms with Gasteiger partial charge in [-0.05, 0) is 13.3 Å². The molecular weight excluding hydrogens is 326 g/mol. The molecule has 0 fully saturated rings. The summed E-state index contributed by atoms with van der Waals surface area (Å²) < 4.78 is 0. The van der Waals surface area contributed by atoms with Gasteiger partial charge in [-0.3, -0.25) is 4.79 Å². The van der Waals surface area contributed by atoms with E-state index in [0.717, 1.165) is 12.8 Å². The molecule has 0 radical (unpaired) electrons. The summed E-state index contributed by atoms with van der Waals surface area (Å²) in [6, 6.07) is 0. The molecule has 0 heterocycles. The van der Waals surface area contributed by atoms with E-state index in [1.165, 1.54) is 83.5 Å². The second-order valence-electron chi connectivity index (χ2n) is 7.39. The van der Waals surface area contributed by atoms with Crippen LogP contribution in [0.25, 0.3) is 0 Å². The van der Waals surface area contributed by atoms with Crippen molar-refractivity contribution in [2.45, 2.75) is 117 Å². The molecule has 0 spiro atoms. The molecule has 0 bridgehead atoms. The topological polar surface area (TPSA) is 55.4 Å². The molecule has 26 heavy (non-hydrogen) atoms. The van der Waals surface area contributed by atoms with Crippen molar-refractivity contribution >= 4 is 11.9 Å². The zero-order valence-electron chi connectivity index (χ0n) is 17.2. The predicted octanol–water partition coefficient (Wildman–Crippen LogP) is 6.40. The van der Waals surface area contributed by atoms with Crippen LogP contribution in [0.3, 0.4) is 0 Å². The summed E-state index contributed by atoms with van der Waals surface area (Å²) in [6.45, 7) is 7.26. The lowest BCUT2D eigenvalue weighted by molar-refractivity contribution is -0.154. The molecule has 4 nitrogen and oxygen atoms in total. The lowest BCUT2D eigenvalue weighted by atomic mass is 10.0. The number of carbonyl (C=O) groups is 2. The summed E-state index contributed by atoms with van der Waals surface area (Å²) in [5.41, 5.74) is 2.44. The molecule has 1 amide bonds. The summed E-state index contributed by atoms with van der Waals surface area (Å²) in [5, 5.41) is 0. The fourth-order valence-electron chi connectivity index (χ4n) is 2.90. The van der Waals surface area contributed by atoms with Crippen molar-refractivity contribution in [1.82, 2.24) is 5.48 Å². The molecule has 0 aromatic heterocycles. The van der Waals surface area contributed by atoms with Crippen LogP contribution >= 0.6 is 0 Å². The van der Waals surface area contributed by atoms with Gasteiger partial charge in [-0.2, -0.15) is 5.48 Å². The van der Waals surface area contributed by atoms with Gasteiger partial charge in [0.05, 0.1) is 0 Å². The van der Waals surface area contributed by atoms with Crippen molar-refractivity contribution in [3.63, 3.8) is 0 Å². The molecule has 0 aromatic carbocycles. The maximum Gasteiger partial charge on any atom is 0.358 e. The quantitative estimate of drug-likeness (QED) is 0.184. The summed E-state index contributed by atoms with van der Waals surface area (Å²) in [7, 11) is 0. The van der Waals surface area contributed by atoms with E-state index in [-0.39, 0.29) is 11.5 Å². The number of hydrogen-bond acceptors (Lipinski definition) is 3. The first-order valence-corrected chi connectivity index (χ1v) is 10.7. The molecule has 0 aromatic rings. The van der Waals surface area contributed by atoms with Crippen LogP contribution in [0.4, 0.5) is 0 Å². The third-order valence-electron chi connectivity index (χ3n) is 4.61. The van der Waals surface area contributed by atoms with Crippen molar-refractivity contribution in [1.29, 1.82) is 0 Å². The van der Waals surface area contributed by atoms with Crippen molar-refractivity contribution < 1.29 is 14.4 Å². The van der Waals surface area contributed by atoms with Crippen LogP contribution in [-0.4, -0.2) is 11.9 Å². The molecule has 0 saturated heterocycles. The number of rotatable bonds is 17. The standard InChI is InChI=1S/C22H41NO3/c1-4-5-6-7-8-9-10-11-12-13-14-15-16-17-18-19-21(24)23-26-22(25)20(2)3/h2,4-19H2,1,3H3,(H,23,24). The molecule has 0 aliphatic carbocycles. The highest BCUT2D eigenvalue weighted by Crippen LogP contribution is 2.13. The van der Waals surface area contributed by atoms with E-state index in [2.05, 4.69) is 23.8 Å². The van der Waals surface area contributed by atoms with E-state index in [9.17, 15) is 9.59 Å². The molecule has 0 aliphatic rings. The van der Waals surface area contributed by atoms with Crippen LogP contribution in [0.1, 0.15) is 117 Å². The Morgan fingerprint density at radius 1 is 0.731 bits per heavy atom. The molecule has 0 saturated carbocycles. The van der Waals surface area contributed by atoms with Crippen LogP contribution < -0.4 is 5.48 Å². The molecule has 0 rings (SSSR count). The van der Waals surface area contributed by atoms with Gasteiger partial charge in [-0.15, -0.1) is 0 Å². The normalized spacial score (nSPS) is 10.5. The third-order valence-corrected chi connectivity index (χ3v) is 4.61. The second-order valence-corrected chi connectivity index (χ2v) is 7.39. The van der Waals surface area contributed by atoms with Gasteiger partial charge >= 0.3 is 5.97 Å². The monoisotopic (exact) mass is 367 g/mol. The summed E-state index contributed by atoms with van der Waals surface area (Å²) >= 11 is 0. The first-order chi connectivity index (χ1) is 12.6. The van der Waals surface area contributed by atoms with E-state index in [1.807, 2.05) is 0 Å². The van der Waals surface area contributed by atoms with Crippen molar-refractivity contribution in [3.8, 4) is 0 Å². The van der Waals surface area contributed by atoms with E-state index in [0.29, 0.717) is 6.42 Å². The minimum Gasteiger partial charge on any atom is -0.336 e. The third kappa shape index (κ3) is 17.5. The lowest BCUT2D eigenvalue weighted by Crippen LogP contribution is -2.26. The van der Waals surface area contributed by atoms with E-state index >= 15 is 0 Å². The minimum atomic E-state index is -0.588. The smallest absolute Gasteiger partial charge is 0.336 e. The summed E-state index contributed by atoms with van der Waals surface area (Å²) in [4.78, 5) is 27.2. The highest BCUT2D eigenvalue weighted by Gasteiger charge is 2.06. The molecule has 0 atom stereocenters. The van der Waals surface area contributed by atoms with Gasteiger partial charge in [0.2, 0.25) is 0 Å². The zero-order valence-corrected chi connectivity index (χ0v) is 17.2. The fraction of sp³-hybridized carbons (Fsp3) is 0.818. The van der Waals surface area contributed by atoms with E-state index in [4.69, 9.17) is 0 Å². The average molecular weight is 368 g/mol. The van der Waals surface area contributed by atoms with Crippen LogP contribution in [0.5, 0.6) is 0 Å². The van der Waals surface area contributed by atoms with Gasteiger partial charge in [0, 0.05) is 12.0 Å². The van der Waals surface area contributed by atoms with Gasteiger partial charge in [-0.1, -0.05) is 103 Å². The van der Waals surface area contributed by atoms with Crippen molar-refractivity contribution in [2.75, 3.05) is 0 Å². The molecule has 152 valence electrons. The largest absolute Gasteiger partial charge is 0.358 e. The Morgan fingerprint density at radius 2 is 1.12 bits per heavy atom. The Balaban J connectivity index is 3.20. The van der Waals surface area contributed by atoms with Crippen LogP contribution in [-0.2, 0) is 14.4 Å². The first kappa shape index (κ1) is 24.7. The van der Waals surface area contributed by atoms with Crippen molar-refractivity contribution in [2.24, 2.45) is 0 Å². The number of hydrogen-bond donors (Lipinski definition) is 1. The number of nitrogens with one attached hydrogen (secondary N) is 1. The molecule has 0 aliphatic heterocycles. The van der Waals surface area contributed by atoms with E-state index < -0.39 is 5.97 Å². The Hall–Kier alpha value is -1.32. The Kier molecular flexibility index (Phi) is 17.5. The zero-order chi connectivity index (χ0) is 19.5. The Labute approximate surface area is 161 Å². The predicted molar refractivity (Wildman–Crippen MR) is 109 cm³/mol. The van der Waals surface area contributed by atoms with Crippen LogP contribution in [0, 0.1) is 0 Å². The van der Waals surface area contributed by atoms with Crippen LogP contribution in [0.15, 0.2) is 12.2 Å². The fourth-order valence-corrected chi connectivity index (χ4v) is 2.90. The average Bonchev–Trinajstić information content (AvgIpc) is 2.62. The number of hydroxylamine groups is 1.